The van der Waals surface area contributed by atoms with Crippen LogP contribution >= 0.6 is 0 Å². The summed E-state index contributed by atoms with van der Waals surface area (Å²) in [6, 6.07) is 10.3. The Balaban J connectivity index is 1.43. The van der Waals surface area contributed by atoms with Gasteiger partial charge in [0.1, 0.15) is 5.78 Å². The number of carbonyl (C=O) groups is 1. The van der Waals surface area contributed by atoms with Crippen molar-refractivity contribution in [1.82, 2.24) is 4.90 Å². The van der Waals surface area contributed by atoms with Gasteiger partial charge in [-0.3, -0.25) is 4.79 Å². The number of nitrogens with zero attached hydrogens (tertiary/aromatic N) is 1. The van der Waals surface area contributed by atoms with E-state index in [1.54, 1.807) is 0 Å². The molecule has 1 heterocycles. The average molecular weight is 275 g/mol. The number of unbranched alkanes of at least 4 members (excludes halogenated alkanes) is 2. The smallest absolute Gasteiger partial charge is 0.135 e. The lowest BCUT2D eigenvalue weighted by atomic mass is 10.1. The van der Waals surface area contributed by atoms with Crippen molar-refractivity contribution in [3.63, 3.8) is 0 Å². The van der Waals surface area contributed by atoms with E-state index in [0.717, 1.165) is 52.1 Å². The number of carbonyl (C=O) groups excluding carboxylic acids is 1. The molecule has 1 fully saturated rings. The molecule has 0 N–H and O–H groups in total. The minimum absolute atomic E-state index is 0.426. The molecule has 1 aromatic rings. The largest absolute Gasteiger partial charge is 0.377 e. The number of benzene rings is 1. The van der Waals surface area contributed by atoms with Gasteiger partial charge in [0.2, 0.25) is 0 Å². The van der Waals surface area contributed by atoms with Gasteiger partial charge < -0.3 is 9.64 Å². The summed E-state index contributed by atoms with van der Waals surface area (Å²) >= 11 is 0. The van der Waals surface area contributed by atoms with Gasteiger partial charge in [0.25, 0.3) is 0 Å². The summed E-state index contributed by atoms with van der Waals surface area (Å²) < 4.78 is 5.67. The quantitative estimate of drug-likeness (QED) is 0.683. The fraction of sp³-hybridized carbons (Fsp3) is 0.588. The molecule has 0 aromatic heterocycles. The monoisotopic (exact) mass is 275 g/mol. The van der Waals surface area contributed by atoms with Crippen molar-refractivity contribution < 1.29 is 9.53 Å². The van der Waals surface area contributed by atoms with Crippen LogP contribution in [0.1, 0.15) is 37.7 Å². The van der Waals surface area contributed by atoms with Gasteiger partial charge in [0.15, 0.2) is 0 Å². The van der Waals surface area contributed by atoms with E-state index < -0.39 is 0 Å². The third kappa shape index (κ3) is 5.85. The number of Topliss-reactive ketones (excluding diaryl/α,β-unsaturated/α-hetero) is 1. The zero-order valence-electron chi connectivity index (χ0n) is 12.2. The molecule has 0 unspecified atom stereocenters. The fourth-order valence-corrected chi connectivity index (χ4v) is 2.51. The standard InChI is InChI=1S/C17H25NO2/c19-17-9-12-18(13-10-17)11-5-2-6-14-20-15-16-7-3-1-4-8-16/h1,3-4,7-8H,2,5-6,9-15H2. The highest BCUT2D eigenvalue weighted by molar-refractivity contribution is 5.79. The predicted molar refractivity (Wildman–Crippen MR) is 80.6 cm³/mol. The number of likely N-dealkylation sites (tertiary alicyclic amines) is 1. The lowest BCUT2D eigenvalue weighted by molar-refractivity contribution is -0.121. The first kappa shape index (κ1) is 15.2. The van der Waals surface area contributed by atoms with Crippen molar-refractivity contribution in [2.45, 2.75) is 38.7 Å². The van der Waals surface area contributed by atoms with E-state index in [9.17, 15) is 4.79 Å². The number of hydrogen-bond donors (Lipinski definition) is 0. The topological polar surface area (TPSA) is 29.5 Å². The number of rotatable bonds is 8. The molecule has 1 aliphatic rings. The lowest BCUT2D eigenvalue weighted by Crippen LogP contribution is -2.34. The Labute approximate surface area is 121 Å². The third-order valence-electron chi connectivity index (χ3n) is 3.79. The van der Waals surface area contributed by atoms with Gasteiger partial charge in [-0.1, -0.05) is 30.3 Å². The van der Waals surface area contributed by atoms with Crippen LogP contribution in [0.25, 0.3) is 0 Å². The van der Waals surface area contributed by atoms with Crippen molar-refractivity contribution in [1.29, 1.82) is 0 Å². The Morgan fingerprint density at radius 1 is 1.00 bits per heavy atom. The molecule has 0 amide bonds. The molecule has 1 aromatic carbocycles. The normalized spacial score (nSPS) is 16.5. The molecule has 1 saturated heterocycles. The molecule has 0 saturated carbocycles. The molecule has 0 radical (unpaired) electrons. The summed E-state index contributed by atoms with van der Waals surface area (Å²) in [6.07, 6.45) is 5.04. The Morgan fingerprint density at radius 2 is 1.75 bits per heavy atom. The highest BCUT2D eigenvalue weighted by Crippen LogP contribution is 2.08. The minimum atomic E-state index is 0.426. The molecule has 3 nitrogen and oxygen atoms in total. The Hall–Kier alpha value is -1.19. The van der Waals surface area contributed by atoms with Crippen LogP contribution in [0.4, 0.5) is 0 Å². The highest BCUT2D eigenvalue weighted by Gasteiger charge is 2.14. The Morgan fingerprint density at radius 3 is 2.50 bits per heavy atom. The van der Waals surface area contributed by atoms with Gasteiger partial charge >= 0.3 is 0 Å². The molecule has 110 valence electrons. The van der Waals surface area contributed by atoms with Gasteiger partial charge in [-0.15, -0.1) is 0 Å². The third-order valence-corrected chi connectivity index (χ3v) is 3.79. The molecular formula is C17H25NO2. The van der Waals surface area contributed by atoms with E-state index in [-0.39, 0.29) is 0 Å². The average Bonchev–Trinajstić information content (AvgIpc) is 2.49. The molecule has 0 aliphatic carbocycles. The Kier molecular flexibility index (Phi) is 6.75. The van der Waals surface area contributed by atoms with Crippen molar-refractivity contribution in [2.24, 2.45) is 0 Å². The highest BCUT2D eigenvalue weighted by atomic mass is 16.5. The zero-order chi connectivity index (χ0) is 14.0. The van der Waals surface area contributed by atoms with E-state index in [1.807, 2.05) is 18.2 Å². The number of hydrogen-bond acceptors (Lipinski definition) is 3. The predicted octanol–water partition coefficient (Wildman–Crippen LogP) is 3.04. The van der Waals surface area contributed by atoms with Crippen LogP contribution in [0.2, 0.25) is 0 Å². The second-order valence-electron chi connectivity index (χ2n) is 5.48. The molecule has 2 rings (SSSR count). The Bertz CT molecular complexity index is 381. The van der Waals surface area contributed by atoms with Crippen molar-refractivity contribution in [2.75, 3.05) is 26.2 Å². The summed E-state index contributed by atoms with van der Waals surface area (Å²) in [5.41, 5.74) is 1.24. The maximum atomic E-state index is 11.1. The molecule has 0 atom stereocenters. The van der Waals surface area contributed by atoms with Crippen LogP contribution < -0.4 is 0 Å². The van der Waals surface area contributed by atoms with E-state index in [4.69, 9.17) is 4.74 Å². The number of ether oxygens (including phenoxy) is 1. The van der Waals surface area contributed by atoms with Crippen LogP contribution in [-0.2, 0) is 16.1 Å². The lowest BCUT2D eigenvalue weighted by Gasteiger charge is -2.25. The van der Waals surface area contributed by atoms with E-state index in [1.165, 1.54) is 18.4 Å². The maximum Gasteiger partial charge on any atom is 0.135 e. The second kappa shape index (κ2) is 8.88. The molecule has 0 bridgehead atoms. The van der Waals surface area contributed by atoms with Crippen LogP contribution in [0.15, 0.2) is 30.3 Å². The minimum Gasteiger partial charge on any atom is -0.377 e. The van der Waals surface area contributed by atoms with Gasteiger partial charge in [0.05, 0.1) is 6.61 Å². The van der Waals surface area contributed by atoms with Crippen molar-refractivity contribution in [3.05, 3.63) is 35.9 Å². The summed E-state index contributed by atoms with van der Waals surface area (Å²) in [7, 11) is 0. The first-order valence-corrected chi connectivity index (χ1v) is 7.70. The molecule has 0 spiro atoms. The van der Waals surface area contributed by atoms with Crippen molar-refractivity contribution in [3.8, 4) is 0 Å². The molecule has 3 heteroatoms. The van der Waals surface area contributed by atoms with E-state index >= 15 is 0 Å². The first-order chi connectivity index (χ1) is 9.84. The van der Waals surface area contributed by atoms with Gasteiger partial charge in [0, 0.05) is 32.5 Å². The number of piperidine rings is 1. The van der Waals surface area contributed by atoms with Crippen LogP contribution in [0.3, 0.4) is 0 Å². The molecular weight excluding hydrogens is 250 g/mol. The zero-order valence-corrected chi connectivity index (χ0v) is 12.2. The SMILES string of the molecule is O=C1CCN(CCCCCOCc2ccccc2)CC1. The van der Waals surface area contributed by atoms with Gasteiger partial charge in [-0.25, -0.2) is 0 Å². The summed E-state index contributed by atoms with van der Waals surface area (Å²) in [6.45, 7) is 4.61. The molecule has 20 heavy (non-hydrogen) atoms. The van der Waals surface area contributed by atoms with Gasteiger partial charge in [-0.05, 0) is 31.4 Å². The summed E-state index contributed by atoms with van der Waals surface area (Å²) in [5.74, 6) is 0.426. The van der Waals surface area contributed by atoms with Crippen LogP contribution in [0.5, 0.6) is 0 Å². The number of ketones is 1. The van der Waals surface area contributed by atoms with E-state index in [2.05, 4.69) is 17.0 Å². The fourth-order valence-electron chi connectivity index (χ4n) is 2.51. The van der Waals surface area contributed by atoms with Crippen LogP contribution in [0, 0.1) is 0 Å². The van der Waals surface area contributed by atoms with E-state index in [0.29, 0.717) is 5.78 Å². The maximum absolute atomic E-state index is 11.1. The first-order valence-electron chi connectivity index (χ1n) is 7.70. The summed E-state index contributed by atoms with van der Waals surface area (Å²) in [4.78, 5) is 13.5. The van der Waals surface area contributed by atoms with Gasteiger partial charge in [-0.2, -0.15) is 0 Å². The molecule has 1 aliphatic heterocycles. The van der Waals surface area contributed by atoms with Crippen molar-refractivity contribution >= 4 is 5.78 Å². The summed E-state index contributed by atoms with van der Waals surface area (Å²) in [5, 5.41) is 0. The van der Waals surface area contributed by atoms with Crippen LogP contribution in [-0.4, -0.2) is 36.9 Å². The second-order valence-corrected chi connectivity index (χ2v) is 5.48.